The zero-order chi connectivity index (χ0) is 26.9. The lowest BCUT2D eigenvalue weighted by molar-refractivity contribution is 0.673. The molecule has 0 N–H and O–H groups in total. The van der Waals surface area contributed by atoms with Crippen molar-refractivity contribution in [3.05, 3.63) is 140 Å². The van der Waals surface area contributed by atoms with Gasteiger partial charge in [-0.1, -0.05) is 103 Å². The first-order valence-electron chi connectivity index (χ1n) is 13.9. The van der Waals surface area contributed by atoms with E-state index in [0.717, 1.165) is 38.7 Å². The molecule has 0 saturated heterocycles. The van der Waals surface area contributed by atoms with Gasteiger partial charge in [0.05, 0.1) is 5.52 Å². The van der Waals surface area contributed by atoms with Gasteiger partial charge in [-0.2, -0.15) is 0 Å². The number of rotatable bonds is 3. The van der Waals surface area contributed by atoms with Crippen molar-refractivity contribution >= 4 is 64.5 Å². The molecule has 0 unspecified atom stereocenters. The minimum Gasteiger partial charge on any atom is -0.454 e. The first-order valence-corrected chi connectivity index (χ1v) is 14.7. The van der Waals surface area contributed by atoms with E-state index >= 15 is 0 Å². The summed E-state index contributed by atoms with van der Waals surface area (Å²) in [6.45, 7) is 0. The maximum Gasteiger partial charge on any atom is 0.161 e. The second-order valence-electron chi connectivity index (χ2n) is 10.5. The molecule has 0 atom stereocenters. The van der Waals surface area contributed by atoms with E-state index in [9.17, 15) is 0 Å². The second-order valence-corrected chi connectivity index (χ2v) is 11.5. The van der Waals surface area contributed by atoms with Crippen LogP contribution in [0.2, 0.25) is 0 Å². The lowest BCUT2D eigenvalue weighted by Gasteiger charge is -2.07. The number of nitrogens with zero attached hydrogens (tertiary/aromatic N) is 1. The number of benzene rings is 6. The topological polar surface area (TPSA) is 18.1 Å². The van der Waals surface area contributed by atoms with Crippen molar-refractivity contribution < 1.29 is 4.42 Å². The van der Waals surface area contributed by atoms with E-state index in [4.69, 9.17) is 4.42 Å². The van der Waals surface area contributed by atoms with Gasteiger partial charge in [-0.15, -0.1) is 11.3 Å². The summed E-state index contributed by atoms with van der Waals surface area (Å²) >= 11 is 1.88. The maximum atomic E-state index is 6.66. The Bertz CT molecular complexity index is 2410. The number of thiophene rings is 1. The highest BCUT2D eigenvalue weighted by molar-refractivity contribution is 7.26. The summed E-state index contributed by atoms with van der Waals surface area (Å²) in [6.07, 6.45) is 0. The van der Waals surface area contributed by atoms with Gasteiger partial charge in [0, 0.05) is 36.6 Å². The molecule has 3 heteroatoms. The van der Waals surface area contributed by atoms with E-state index in [1.54, 1.807) is 0 Å². The van der Waals surface area contributed by atoms with Gasteiger partial charge in [-0.3, -0.25) is 0 Å². The molecule has 0 fully saturated rings. The lowest BCUT2D eigenvalue weighted by Crippen LogP contribution is -1.92. The number of furan rings is 1. The summed E-state index contributed by atoms with van der Waals surface area (Å²) in [5.74, 6) is 0. The normalized spacial score (nSPS) is 11.9. The van der Waals surface area contributed by atoms with Crippen LogP contribution in [0.5, 0.6) is 0 Å². The molecular formula is C38H23NOS. The number of fused-ring (bicyclic) bond motifs is 8. The maximum absolute atomic E-state index is 6.66. The molecule has 9 rings (SSSR count). The zero-order valence-corrected chi connectivity index (χ0v) is 22.9. The Morgan fingerprint density at radius 2 is 1.12 bits per heavy atom. The quantitative estimate of drug-likeness (QED) is 0.217. The van der Waals surface area contributed by atoms with Crippen LogP contribution in [-0.4, -0.2) is 4.57 Å². The first kappa shape index (κ1) is 22.7. The largest absolute Gasteiger partial charge is 0.454 e. The zero-order valence-electron chi connectivity index (χ0n) is 22.0. The van der Waals surface area contributed by atoms with Gasteiger partial charge >= 0.3 is 0 Å². The standard InChI is InChI=1S/C38H23NOS/c1-3-11-24(12-4-1)27-16-9-18-29-30-19-10-17-28(38(30)41-37(27)29)25-21-22-32-34(23-25)40-36-31-15-7-8-20-33(31)39(35(32)36)26-13-5-2-6-14-26/h1-23H. The third-order valence-electron chi connectivity index (χ3n) is 8.21. The van der Waals surface area contributed by atoms with Crippen molar-refractivity contribution in [2.75, 3.05) is 0 Å². The molecule has 2 nitrogen and oxygen atoms in total. The number of aromatic nitrogens is 1. The average Bonchev–Trinajstić information content (AvgIpc) is 3.70. The van der Waals surface area contributed by atoms with Gasteiger partial charge in [0.15, 0.2) is 5.58 Å². The predicted octanol–water partition coefficient (Wildman–Crippen LogP) is 11.2. The highest BCUT2D eigenvalue weighted by atomic mass is 32.1. The minimum atomic E-state index is 0.908. The highest BCUT2D eigenvalue weighted by Crippen LogP contribution is 2.45. The molecule has 0 radical (unpaired) electrons. The van der Waals surface area contributed by atoms with E-state index < -0.39 is 0 Å². The van der Waals surface area contributed by atoms with E-state index in [2.05, 4.69) is 144 Å². The molecule has 6 aromatic carbocycles. The van der Waals surface area contributed by atoms with Crippen molar-refractivity contribution in [1.29, 1.82) is 0 Å². The van der Waals surface area contributed by atoms with E-state index in [-0.39, 0.29) is 0 Å². The Morgan fingerprint density at radius 1 is 0.488 bits per heavy atom. The van der Waals surface area contributed by atoms with Crippen molar-refractivity contribution in [3.8, 4) is 27.9 Å². The molecule has 41 heavy (non-hydrogen) atoms. The van der Waals surface area contributed by atoms with Gasteiger partial charge in [0.2, 0.25) is 0 Å². The average molecular weight is 542 g/mol. The number of para-hydroxylation sites is 2. The fourth-order valence-electron chi connectivity index (χ4n) is 6.37. The molecule has 0 aliphatic rings. The smallest absolute Gasteiger partial charge is 0.161 e. The van der Waals surface area contributed by atoms with Gasteiger partial charge in [0.25, 0.3) is 0 Å². The van der Waals surface area contributed by atoms with Crippen LogP contribution in [-0.2, 0) is 0 Å². The Balaban J connectivity index is 1.28. The van der Waals surface area contributed by atoms with Crippen LogP contribution in [0.15, 0.2) is 144 Å². The Hall–Kier alpha value is -5.12. The third kappa shape index (κ3) is 3.30. The van der Waals surface area contributed by atoms with Crippen LogP contribution < -0.4 is 0 Å². The van der Waals surface area contributed by atoms with E-state index in [1.807, 2.05) is 11.3 Å². The Morgan fingerprint density at radius 3 is 1.88 bits per heavy atom. The van der Waals surface area contributed by atoms with Crippen molar-refractivity contribution in [2.24, 2.45) is 0 Å². The second kappa shape index (κ2) is 8.69. The molecule has 3 aromatic heterocycles. The van der Waals surface area contributed by atoms with Crippen LogP contribution in [0, 0.1) is 0 Å². The van der Waals surface area contributed by atoms with Gasteiger partial charge in [0.1, 0.15) is 11.1 Å². The molecular weight excluding hydrogens is 518 g/mol. The third-order valence-corrected chi connectivity index (χ3v) is 9.50. The molecule has 0 aliphatic heterocycles. The summed E-state index contributed by atoms with van der Waals surface area (Å²) < 4.78 is 11.6. The highest BCUT2D eigenvalue weighted by Gasteiger charge is 2.20. The van der Waals surface area contributed by atoms with Gasteiger partial charge in [-0.05, 0) is 58.7 Å². The summed E-state index contributed by atoms with van der Waals surface area (Å²) in [4.78, 5) is 0. The summed E-state index contributed by atoms with van der Waals surface area (Å²) in [5, 5.41) is 4.86. The van der Waals surface area contributed by atoms with Gasteiger partial charge in [-0.25, -0.2) is 0 Å². The van der Waals surface area contributed by atoms with Crippen molar-refractivity contribution in [3.63, 3.8) is 0 Å². The Labute approximate surface area is 240 Å². The monoisotopic (exact) mass is 541 g/mol. The number of hydrogen-bond donors (Lipinski definition) is 0. The van der Waals surface area contributed by atoms with E-state index in [1.165, 1.54) is 42.4 Å². The summed E-state index contributed by atoms with van der Waals surface area (Å²) in [7, 11) is 0. The fraction of sp³-hybridized carbons (Fsp3) is 0. The molecule has 0 amide bonds. The molecule has 0 saturated carbocycles. The summed E-state index contributed by atoms with van der Waals surface area (Å²) in [5.41, 5.74) is 10.2. The van der Waals surface area contributed by atoms with Crippen molar-refractivity contribution in [1.82, 2.24) is 4.57 Å². The molecule has 0 aliphatic carbocycles. The summed E-state index contributed by atoms with van der Waals surface area (Å²) in [6, 6.07) is 49.8. The molecule has 3 heterocycles. The first-order chi connectivity index (χ1) is 20.3. The van der Waals surface area contributed by atoms with Crippen LogP contribution in [0.4, 0.5) is 0 Å². The van der Waals surface area contributed by atoms with Crippen LogP contribution in [0.3, 0.4) is 0 Å². The van der Waals surface area contributed by atoms with Crippen molar-refractivity contribution in [2.45, 2.75) is 0 Å². The lowest BCUT2D eigenvalue weighted by atomic mass is 10.00. The minimum absolute atomic E-state index is 0.908. The van der Waals surface area contributed by atoms with Crippen LogP contribution in [0.1, 0.15) is 0 Å². The van der Waals surface area contributed by atoms with Crippen LogP contribution >= 0.6 is 11.3 Å². The van der Waals surface area contributed by atoms with Gasteiger partial charge < -0.3 is 8.98 Å². The SMILES string of the molecule is c1ccc(-c2cccc3c2sc2c(-c4ccc5c(c4)oc4c6ccccc6n(-c6ccccc6)c54)cccc23)cc1. The fourth-order valence-corrected chi connectivity index (χ4v) is 7.75. The molecule has 0 bridgehead atoms. The number of hydrogen-bond acceptors (Lipinski definition) is 2. The molecule has 9 aromatic rings. The Kier molecular flexibility index (Phi) is 4.80. The molecule has 0 spiro atoms. The van der Waals surface area contributed by atoms with Crippen LogP contribution in [0.25, 0.3) is 81.1 Å². The van der Waals surface area contributed by atoms with E-state index in [0.29, 0.717) is 0 Å². The molecule has 192 valence electrons. The predicted molar refractivity (Wildman–Crippen MR) is 174 cm³/mol.